The van der Waals surface area contributed by atoms with Gasteiger partial charge in [-0.15, -0.1) is 0 Å². The zero-order chi connectivity index (χ0) is 18.2. The minimum absolute atomic E-state index is 0.0641. The van der Waals surface area contributed by atoms with Crippen molar-refractivity contribution in [3.8, 4) is 0 Å². The van der Waals surface area contributed by atoms with Gasteiger partial charge in [-0.1, -0.05) is 72.8 Å². The van der Waals surface area contributed by atoms with Gasteiger partial charge in [0.05, 0.1) is 0 Å². The first-order valence-electron chi connectivity index (χ1n) is 8.01. The smallest absolute Gasteiger partial charge is 0.194 e. The molecule has 2 aromatic heterocycles. The summed E-state index contributed by atoms with van der Waals surface area (Å²) in [4.78, 5) is 24.2. The van der Waals surface area contributed by atoms with Crippen LogP contribution in [0.1, 0.15) is 31.8 Å². The van der Waals surface area contributed by atoms with E-state index in [-0.39, 0.29) is 11.6 Å². The van der Waals surface area contributed by atoms with Gasteiger partial charge in [0.1, 0.15) is 0 Å². The molecule has 0 N–H and O–H groups in total. The normalized spacial score (nSPS) is 11.2. The summed E-state index contributed by atoms with van der Waals surface area (Å²) in [5, 5.41) is 8.17. The Morgan fingerprint density at radius 3 is 0.885 bits per heavy atom. The van der Waals surface area contributed by atoms with E-state index < -0.39 is 0 Å². The highest BCUT2D eigenvalue weighted by atomic mass is 32.1. The number of hydrogen-bond acceptors (Lipinski definition) is 4. The van der Waals surface area contributed by atoms with Crippen LogP contribution in [-0.2, 0) is 0 Å². The van der Waals surface area contributed by atoms with E-state index in [9.17, 15) is 9.59 Å². The highest BCUT2D eigenvalue weighted by Gasteiger charge is 2.28. The van der Waals surface area contributed by atoms with Gasteiger partial charge < -0.3 is 0 Å². The Hall–Kier alpha value is -2.82. The van der Waals surface area contributed by atoms with E-state index in [0.29, 0.717) is 22.3 Å². The van der Waals surface area contributed by atoms with Gasteiger partial charge >= 0.3 is 0 Å². The maximum atomic E-state index is 12.1. The summed E-state index contributed by atoms with van der Waals surface area (Å²) in [6.07, 6.45) is 0. The third kappa shape index (κ3) is 4.23. The molecule has 0 spiro atoms. The maximum absolute atomic E-state index is 12.1. The molecule has 0 aliphatic heterocycles. The zero-order valence-corrected chi connectivity index (χ0v) is 15.5. The summed E-state index contributed by atoms with van der Waals surface area (Å²) in [5.74, 6) is -0.128. The Labute approximate surface area is 160 Å². The highest BCUT2D eigenvalue weighted by Crippen LogP contribution is 2.26. The summed E-state index contributed by atoms with van der Waals surface area (Å²) < 4.78 is 0. The second-order valence-corrected chi connectivity index (χ2v) is 6.97. The number of benzene rings is 2. The molecule has 2 nitrogen and oxygen atoms in total. The number of ketones is 2. The molecule has 0 unspecified atom stereocenters. The van der Waals surface area contributed by atoms with E-state index in [1.165, 1.54) is 0 Å². The van der Waals surface area contributed by atoms with E-state index in [0.717, 1.165) is 0 Å². The minimum Gasteiger partial charge on any atom is -0.289 e. The van der Waals surface area contributed by atoms with Gasteiger partial charge in [0, 0.05) is 22.3 Å². The molecule has 2 heterocycles. The molecule has 0 saturated heterocycles. The van der Waals surface area contributed by atoms with Gasteiger partial charge in [0.25, 0.3) is 0 Å². The lowest BCUT2D eigenvalue weighted by atomic mass is 9.84. The van der Waals surface area contributed by atoms with Crippen molar-refractivity contribution in [2.75, 3.05) is 0 Å². The van der Waals surface area contributed by atoms with E-state index in [2.05, 4.69) is 0 Å². The number of carbonyl (C=O) groups is 2. The lowest BCUT2D eigenvalue weighted by Crippen LogP contribution is -2.20. The molecule has 4 heteroatoms. The van der Waals surface area contributed by atoms with Crippen molar-refractivity contribution >= 4 is 34.2 Å². The van der Waals surface area contributed by atoms with Gasteiger partial charge in [0.15, 0.2) is 11.6 Å². The first-order chi connectivity index (χ1) is 12.8. The van der Waals surface area contributed by atoms with E-state index in [1.807, 2.05) is 45.8 Å². The first-order valence-corrected chi connectivity index (χ1v) is 9.89. The summed E-state index contributed by atoms with van der Waals surface area (Å²) in [6.45, 7) is 0. The number of thiophene rings is 2. The average Bonchev–Trinajstić information content (AvgIpc) is 3.45. The van der Waals surface area contributed by atoms with Crippen molar-refractivity contribution in [1.82, 2.24) is 0 Å². The lowest BCUT2D eigenvalue weighted by molar-refractivity contribution is 0.0979. The van der Waals surface area contributed by atoms with E-state index in [1.54, 1.807) is 71.2 Å². The molecule has 0 fully saturated rings. The molecular formula is C22H16O2S2. The molecule has 128 valence electrons. The van der Waals surface area contributed by atoms with Gasteiger partial charge in [-0.05, 0) is 21.5 Å². The number of carbonyl (C=O) groups excluding carboxylic acids is 2. The van der Waals surface area contributed by atoms with Crippen LogP contribution in [-0.4, -0.2) is 11.6 Å². The van der Waals surface area contributed by atoms with Crippen molar-refractivity contribution in [3.63, 3.8) is 0 Å². The molecular weight excluding hydrogens is 360 g/mol. The fraction of sp³-hybridized carbons (Fsp3) is 0. The highest BCUT2D eigenvalue weighted by molar-refractivity contribution is 7.08. The van der Waals surface area contributed by atoms with Crippen LogP contribution in [0, 0.1) is 0 Å². The molecule has 0 atom stereocenters. The summed E-state index contributed by atoms with van der Waals surface area (Å²) in [7, 11) is 0. The van der Waals surface area contributed by atoms with Gasteiger partial charge in [0.2, 0.25) is 0 Å². The quantitative estimate of drug-likeness (QED) is 0.334. The molecule has 2 aromatic carbocycles. The van der Waals surface area contributed by atoms with Crippen LogP contribution in [0.3, 0.4) is 0 Å². The summed E-state index contributed by atoms with van der Waals surface area (Å²) >= 11 is 3.43. The minimum atomic E-state index is -0.0641. The molecule has 0 radical (unpaired) electrons. The van der Waals surface area contributed by atoms with Crippen molar-refractivity contribution in [2.45, 2.75) is 0 Å². The average molecular weight is 377 g/mol. The molecule has 1 aliphatic rings. The third-order valence-corrected chi connectivity index (χ3v) is 4.94. The van der Waals surface area contributed by atoms with Crippen LogP contribution in [0.5, 0.6) is 0 Å². The maximum Gasteiger partial charge on any atom is 0.194 e. The van der Waals surface area contributed by atoms with Crippen molar-refractivity contribution < 1.29 is 9.59 Å². The predicted octanol–water partition coefficient (Wildman–Crippen LogP) is 5.96. The number of hydrogen-bond donors (Lipinski definition) is 0. The fourth-order valence-electron chi connectivity index (χ4n) is 2.50. The van der Waals surface area contributed by atoms with Crippen LogP contribution >= 0.6 is 22.7 Å². The molecule has 0 saturated carbocycles. The van der Waals surface area contributed by atoms with Crippen molar-refractivity contribution in [3.05, 3.63) is 117 Å². The fourth-order valence-corrected chi connectivity index (χ4v) is 3.41. The number of fused-ring (bicyclic) bond motifs is 2. The first kappa shape index (κ1) is 18.0. The van der Waals surface area contributed by atoms with Crippen LogP contribution in [0.4, 0.5) is 0 Å². The second-order valence-electron chi connectivity index (χ2n) is 5.34. The molecule has 1 aliphatic carbocycles. The molecule has 0 bridgehead atoms. The summed E-state index contributed by atoms with van der Waals surface area (Å²) in [6, 6.07) is 22.0. The topological polar surface area (TPSA) is 34.1 Å². The zero-order valence-electron chi connectivity index (χ0n) is 13.9. The Morgan fingerprint density at radius 2 is 0.692 bits per heavy atom. The monoisotopic (exact) mass is 376 g/mol. The molecule has 4 aromatic rings. The number of rotatable bonds is 0. The van der Waals surface area contributed by atoms with Crippen LogP contribution < -0.4 is 0 Å². The lowest BCUT2D eigenvalue weighted by Gasteiger charge is -2.16. The second kappa shape index (κ2) is 9.04. The largest absolute Gasteiger partial charge is 0.289 e. The Morgan fingerprint density at radius 1 is 0.423 bits per heavy atom. The third-order valence-electron chi connectivity index (χ3n) is 3.68. The standard InChI is InChI=1S/C14H8O2.2C4H4S/c15-13-9-5-1-2-6-10(9)14(16)12-8-4-3-7-11(12)13;2*1-2-4-5-3-1/h1-8H;2*1-4H. The molecule has 26 heavy (non-hydrogen) atoms. The van der Waals surface area contributed by atoms with Gasteiger partial charge in [-0.2, -0.15) is 22.7 Å². The van der Waals surface area contributed by atoms with Crippen LogP contribution in [0.15, 0.2) is 94.3 Å². The Bertz CT molecular complexity index is 805. The van der Waals surface area contributed by atoms with Gasteiger partial charge in [-0.25, -0.2) is 0 Å². The van der Waals surface area contributed by atoms with Crippen LogP contribution in [0.25, 0.3) is 0 Å². The predicted molar refractivity (Wildman–Crippen MR) is 108 cm³/mol. The van der Waals surface area contributed by atoms with E-state index in [4.69, 9.17) is 0 Å². The molecule has 0 amide bonds. The van der Waals surface area contributed by atoms with E-state index >= 15 is 0 Å². The van der Waals surface area contributed by atoms with Gasteiger partial charge in [-0.3, -0.25) is 9.59 Å². The SMILES string of the molecule is O=C1c2ccccc2C(=O)c2ccccc21.c1ccsc1.c1ccsc1. The summed E-state index contributed by atoms with van der Waals surface area (Å²) in [5.41, 5.74) is 2.02. The van der Waals surface area contributed by atoms with Crippen molar-refractivity contribution in [1.29, 1.82) is 0 Å². The molecule has 5 rings (SSSR count). The van der Waals surface area contributed by atoms with Crippen LogP contribution in [0.2, 0.25) is 0 Å². The van der Waals surface area contributed by atoms with Crippen molar-refractivity contribution in [2.24, 2.45) is 0 Å². The Kier molecular flexibility index (Phi) is 6.25. The Balaban J connectivity index is 0.000000159.